The van der Waals surface area contributed by atoms with Crippen molar-refractivity contribution in [2.24, 2.45) is 0 Å². The van der Waals surface area contributed by atoms with Crippen molar-refractivity contribution >= 4 is 52.5 Å². The lowest BCUT2D eigenvalue weighted by atomic mass is 10.0. The zero-order valence-corrected chi connectivity index (χ0v) is 17.5. The SMILES string of the molecule is CCOC(=O)C1=C(COC(=O)c2ccc(Cl)c(Cl)c2)NC(=O)NC1c1cccs1. The lowest BCUT2D eigenvalue weighted by Crippen LogP contribution is -2.46. The van der Waals surface area contributed by atoms with Gasteiger partial charge in [0.25, 0.3) is 0 Å². The van der Waals surface area contributed by atoms with Crippen LogP contribution in [0.4, 0.5) is 4.79 Å². The van der Waals surface area contributed by atoms with Gasteiger partial charge < -0.3 is 20.1 Å². The van der Waals surface area contributed by atoms with E-state index in [4.69, 9.17) is 32.7 Å². The minimum absolute atomic E-state index is 0.152. The molecule has 2 amide bonds. The average molecular weight is 455 g/mol. The van der Waals surface area contributed by atoms with Gasteiger partial charge in [0.05, 0.1) is 39.5 Å². The van der Waals surface area contributed by atoms with Gasteiger partial charge in [0.15, 0.2) is 0 Å². The Balaban J connectivity index is 1.88. The second kappa shape index (κ2) is 9.30. The highest BCUT2D eigenvalue weighted by Crippen LogP contribution is 2.31. The zero-order valence-electron chi connectivity index (χ0n) is 15.2. The first-order chi connectivity index (χ1) is 13.9. The van der Waals surface area contributed by atoms with Crippen molar-refractivity contribution in [2.75, 3.05) is 13.2 Å². The molecule has 0 bridgehead atoms. The summed E-state index contributed by atoms with van der Waals surface area (Å²) in [6.45, 7) is 1.50. The van der Waals surface area contributed by atoms with E-state index >= 15 is 0 Å². The molecule has 3 rings (SSSR count). The van der Waals surface area contributed by atoms with Crippen molar-refractivity contribution in [2.45, 2.75) is 13.0 Å². The Kier molecular flexibility index (Phi) is 6.79. The average Bonchev–Trinajstić information content (AvgIpc) is 3.22. The van der Waals surface area contributed by atoms with Crippen molar-refractivity contribution in [3.05, 3.63) is 67.5 Å². The van der Waals surface area contributed by atoms with E-state index in [-0.39, 0.29) is 35.1 Å². The standard InChI is InChI=1S/C19H16Cl2N2O5S/c1-2-27-18(25)15-13(22-19(26)23-16(15)14-4-3-7-29-14)9-28-17(24)10-5-6-11(20)12(21)8-10/h3-8,16H,2,9H2,1H3,(H2,22,23,26). The van der Waals surface area contributed by atoms with Crippen LogP contribution in [0, 0.1) is 0 Å². The van der Waals surface area contributed by atoms with Gasteiger partial charge in [-0.1, -0.05) is 29.3 Å². The number of urea groups is 1. The third-order valence-corrected chi connectivity index (χ3v) is 5.66. The van der Waals surface area contributed by atoms with Crippen molar-refractivity contribution in [1.82, 2.24) is 10.6 Å². The summed E-state index contributed by atoms with van der Waals surface area (Å²) in [5, 5.41) is 7.58. The van der Waals surface area contributed by atoms with Crippen molar-refractivity contribution < 1.29 is 23.9 Å². The van der Waals surface area contributed by atoms with Crippen LogP contribution in [0.2, 0.25) is 10.0 Å². The number of ether oxygens (including phenoxy) is 2. The van der Waals surface area contributed by atoms with Gasteiger partial charge >= 0.3 is 18.0 Å². The molecule has 0 radical (unpaired) electrons. The highest BCUT2D eigenvalue weighted by Gasteiger charge is 2.34. The number of hydrogen-bond acceptors (Lipinski definition) is 6. The van der Waals surface area contributed by atoms with E-state index in [1.54, 1.807) is 19.1 Å². The molecule has 152 valence electrons. The Morgan fingerprint density at radius 1 is 1.14 bits per heavy atom. The van der Waals surface area contributed by atoms with Gasteiger partial charge in [-0.2, -0.15) is 0 Å². The number of nitrogens with one attached hydrogen (secondary N) is 2. The summed E-state index contributed by atoms with van der Waals surface area (Å²) in [6, 6.07) is 6.69. The number of carbonyl (C=O) groups excluding carboxylic acids is 3. The molecular weight excluding hydrogens is 439 g/mol. The molecular formula is C19H16Cl2N2O5S. The molecule has 1 aromatic carbocycles. The summed E-state index contributed by atoms with van der Waals surface area (Å²) in [5.41, 5.74) is 0.516. The van der Waals surface area contributed by atoms with Crippen LogP contribution < -0.4 is 10.6 Å². The largest absolute Gasteiger partial charge is 0.463 e. The summed E-state index contributed by atoms with van der Waals surface area (Å²) in [4.78, 5) is 37.8. The Bertz CT molecular complexity index is 975. The molecule has 0 fully saturated rings. The summed E-state index contributed by atoms with van der Waals surface area (Å²) >= 11 is 13.2. The first-order valence-corrected chi connectivity index (χ1v) is 10.2. The highest BCUT2D eigenvalue weighted by atomic mass is 35.5. The van der Waals surface area contributed by atoms with Gasteiger partial charge in [0, 0.05) is 4.88 Å². The Hall–Kier alpha value is -2.55. The number of halogens is 2. The normalized spacial score (nSPS) is 16.1. The molecule has 2 N–H and O–H groups in total. The molecule has 29 heavy (non-hydrogen) atoms. The minimum atomic E-state index is -0.707. The van der Waals surface area contributed by atoms with Crippen LogP contribution in [0.1, 0.15) is 28.2 Å². The molecule has 2 aromatic rings. The maximum absolute atomic E-state index is 12.6. The fraction of sp³-hybridized carbons (Fsp3) is 0.211. The zero-order chi connectivity index (χ0) is 21.0. The predicted molar refractivity (Wildman–Crippen MR) is 109 cm³/mol. The van der Waals surface area contributed by atoms with E-state index in [0.717, 1.165) is 4.88 Å². The molecule has 0 saturated heterocycles. The predicted octanol–water partition coefficient (Wildman–Crippen LogP) is 4.08. The fourth-order valence-electron chi connectivity index (χ4n) is 2.69. The highest BCUT2D eigenvalue weighted by molar-refractivity contribution is 7.10. The third kappa shape index (κ3) is 4.90. The van der Waals surface area contributed by atoms with Gasteiger partial charge in [0.2, 0.25) is 0 Å². The monoisotopic (exact) mass is 454 g/mol. The van der Waals surface area contributed by atoms with E-state index in [1.165, 1.54) is 29.5 Å². The number of benzene rings is 1. The topological polar surface area (TPSA) is 93.7 Å². The lowest BCUT2D eigenvalue weighted by Gasteiger charge is -2.28. The molecule has 2 heterocycles. The van der Waals surface area contributed by atoms with Crippen LogP contribution >= 0.6 is 34.5 Å². The van der Waals surface area contributed by atoms with Gasteiger partial charge in [-0.3, -0.25) is 0 Å². The quantitative estimate of drug-likeness (QED) is 0.641. The smallest absolute Gasteiger partial charge is 0.338 e. The number of amides is 2. The number of rotatable bonds is 6. The third-order valence-electron chi connectivity index (χ3n) is 3.98. The maximum Gasteiger partial charge on any atom is 0.338 e. The summed E-state index contributed by atoms with van der Waals surface area (Å²) in [6.07, 6.45) is 0. The number of hydrogen-bond donors (Lipinski definition) is 2. The molecule has 1 unspecified atom stereocenters. The molecule has 1 aliphatic heterocycles. The molecule has 7 nitrogen and oxygen atoms in total. The van der Waals surface area contributed by atoms with Crippen LogP contribution in [0.3, 0.4) is 0 Å². The van der Waals surface area contributed by atoms with E-state index in [1.807, 2.05) is 5.38 Å². The Morgan fingerprint density at radius 2 is 1.93 bits per heavy atom. The van der Waals surface area contributed by atoms with E-state index < -0.39 is 24.0 Å². The van der Waals surface area contributed by atoms with Gasteiger partial charge in [-0.05, 0) is 36.6 Å². The van der Waals surface area contributed by atoms with Crippen LogP contribution in [0.5, 0.6) is 0 Å². The molecule has 1 aliphatic rings. The summed E-state index contributed by atoms with van der Waals surface area (Å²) in [7, 11) is 0. The first kappa shape index (κ1) is 21.2. The number of carbonyl (C=O) groups is 3. The van der Waals surface area contributed by atoms with Gasteiger partial charge in [-0.15, -0.1) is 11.3 Å². The maximum atomic E-state index is 12.6. The van der Waals surface area contributed by atoms with Crippen LogP contribution in [-0.4, -0.2) is 31.2 Å². The fourth-order valence-corrected chi connectivity index (χ4v) is 3.78. The van der Waals surface area contributed by atoms with Crippen LogP contribution in [-0.2, 0) is 14.3 Å². The molecule has 1 aromatic heterocycles. The van der Waals surface area contributed by atoms with Gasteiger partial charge in [-0.25, -0.2) is 14.4 Å². The van der Waals surface area contributed by atoms with Gasteiger partial charge in [0.1, 0.15) is 6.61 Å². The van der Waals surface area contributed by atoms with Crippen LogP contribution in [0.15, 0.2) is 47.0 Å². The van der Waals surface area contributed by atoms with E-state index in [0.29, 0.717) is 5.02 Å². The molecule has 0 spiro atoms. The first-order valence-electron chi connectivity index (χ1n) is 8.54. The second-order valence-corrected chi connectivity index (χ2v) is 7.66. The summed E-state index contributed by atoms with van der Waals surface area (Å²) < 4.78 is 10.4. The van der Waals surface area contributed by atoms with E-state index in [2.05, 4.69) is 10.6 Å². The number of esters is 2. The molecule has 0 aliphatic carbocycles. The lowest BCUT2D eigenvalue weighted by molar-refractivity contribution is -0.139. The van der Waals surface area contributed by atoms with Crippen molar-refractivity contribution in [3.63, 3.8) is 0 Å². The van der Waals surface area contributed by atoms with Crippen LogP contribution in [0.25, 0.3) is 0 Å². The van der Waals surface area contributed by atoms with Crippen molar-refractivity contribution in [1.29, 1.82) is 0 Å². The van der Waals surface area contributed by atoms with Crippen molar-refractivity contribution in [3.8, 4) is 0 Å². The Morgan fingerprint density at radius 3 is 2.59 bits per heavy atom. The minimum Gasteiger partial charge on any atom is -0.463 e. The molecule has 0 saturated carbocycles. The second-order valence-electron chi connectivity index (χ2n) is 5.86. The molecule has 1 atom stereocenters. The van der Waals surface area contributed by atoms with E-state index in [9.17, 15) is 14.4 Å². The Labute approximate surface area is 180 Å². The number of thiophene rings is 1. The summed E-state index contributed by atoms with van der Waals surface area (Å²) in [5.74, 6) is -1.29. The molecule has 10 heteroatoms.